The molecular formula is C8H17N3O4. The van der Waals surface area contributed by atoms with Crippen molar-refractivity contribution in [1.29, 1.82) is 0 Å². The van der Waals surface area contributed by atoms with Crippen molar-refractivity contribution in [2.75, 3.05) is 13.1 Å². The SMILES string of the molecule is CC(=O)C(N)(C(C)=O)C(=O)O.NCCN. The molecule has 0 aliphatic heterocycles. The second kappa shape index (κ2) is 7.04. The smallest absolute Gasteiger partial charge is 0.339 e. The number of rotatable bonds is 4. The Labute approximate surface area is 87.6 Å². The minimum atomic E-state index is -2.36. The van der Waals surface area contributed by atoms with Crippen molar-refractivity contribution in [3.8, 4) is 0 Å². The zero-order valence-corrected chi connectivity index (χ0v) is 8.82. The average Bonchev–Trinajstić information content (AvgIpc) is 2.15. The summed E-state index contributed by atoms with van der Waals surface area (Å²) in [6.45, 7) is 3.13. The largest absolute Gasteiger partial charge is 0.479 e. The number of hydrogen-bond acceptors (Lipinski definition) is 6. The van der Waals surface area contributed by atoms with Gasteiger partial charge in [0.1, 0.15) is 0 Å². The first kappa shape index (κ1) is 16.1. The van der Waals surface area contributed by atoms with Gasteiger partial charge in [0.05, 0.1) is 0 Å². The van der Waals surface area contributed by atoms with Gasteiger partial charge in [0.25, 0.3) is 0 Å². The molecule has 15 heavy (non-hydrogen) atoms. The van der Waals surface area contributed by atoms with Crippen LogP contribution in [0.4, 0.5) is 0 Å². The molecule has 0 radical (unpaired) electrons. The van der Waals surface area contributed by atoms with Crippen LogP contribution in [0.2, 0.25) is 0 Å². The quantitative estimate of drug-likeness (QED) is 0.393. The van der Waals surface area contributed by atoms with Crippen LogP contribution in [0.3, 0.4) is 0 Å². The molecule has 0 rings (SSSR count). The fourth-order valence-electron chi connectivity index (χ4n) is 0.549. The minimum absolute atomic E-state index is 0.597. The van der Waals surface area contributed by atoms with Gasteiger partial charge in [-0.05, 0) is 13.8 Å². The van der Waals surface area contributed by atoms with E-state index in [4.69, 9.17) is 22.3 Å². The van der Waals surface area contributed by atoms with Crippen LogP contribution in [-0.2, 0) is 14.4 Å². The van der Waals surface area contributed by atoms with E-state index in [-0.39, 0.29) is 0 Å². The van der Waals surface area contributed by atoms with Gasteiger partial charge >= 0.3 is 5.97 Å². The van der Waals surface area contributed by atoms with Crippen molar-refractivity contribution in [2.24, 2.45) is 17.2 Å². The Morgan fingerprint density at radius 1 is 1.07 bits per heavy atom. The highest BCUT2D eigenvalue weighted by Gasteiger charge is 2.44. The minimum Gasteiger partial charge on any atom is -0.479 e. The molecule has 0 saturated heterocycles. The van der Waals surface area contributed by atoms with Gasteiger partial charge in [0, 0.05) is 13.1 Å². The summed E-state index contributed by atoms with van der Waals surface area (Å²) >= 11 is 0. The summed E-state index contributed by atoms with van der Waals surface area (Å²) in [6.07, 6.45) is 0. The monoisotopic (exact) mass is 219 g/mol. The molecule has 0 heterocycles. The molecule has 0 amide bonds. The number of carboxylic acid groups (broad SMARTS) is 1. The number of carbonyl (C=O) groups excluding carboxylic acids is 2. The summed E-state index contributed by atoms with van der Waals surface area (Å²) in [6, 6.07) is 0. The molecule has 7 heteroatoms. The van der Waals surface area contributed by atoms with Crippen molar-refractivity contribution in [3.63, 3.8) is 0 Å². The van der Waals surface area contributed by atoms with Crippen molar-refractivity contribution in [3.05, 3.63) is 0 Å². The lowest BCUT2D eigenvalue weighted by Gasteiger charge is -2.16. The maximum Gasteiger partial charge on any atom is 0.339 e. The van der Waals surface area contributed by atoms with E-state index in [1.165, 1.54) is 0 Å². The van der Waals surface area contributed by atoms with Crippen molar-refractivity contribution in [1.82, 2.24) is 0 Å². The highest BCUT2D eigenvalue weighted by molar-refractivity contribution is 6.25. The van der Waals surface area contributed by atoms with Gasteiger partial charge in [-0.15, -0.1) is 0 Å². The number of Topliss-reactive ketones (excluding diaryl/α,β-unsaturated/α-hetero) is 2. The lowest BCUT2D eigenvalue weighted by Crippen LogP contribution is -2.59. The van der Waals surface area contributed by atoms with Crippen LogP contribution >= 0.6 is 0 Å². The zero-order valence-electron chi connectivity index (χ0n) is 8.82. The highest BCUT2D eigenvalue weighted by Crippen LogP contribution is 2.03. The summed E-state index contributed by atoms with van der Waals surface area (Å²) in [5.41, 5.74) is 12.5. The van der Waals surface area contributed by atoms with E-state index in [1.807, 2.05) is 0 Å². The molecule has 0 fully saturated rings. The second-order valence-corrected chi connectivity index (χ2v) is 2.80. The van der Waals surface area contributed by atoms with E-state index in [9.17, 15) is 14.4 Å². The number of carboxylic acids is 1. The Kier molecular flexibility index (Phi) is 7.58. The van der Waals surface area contributed by atoms with Gasteiger partial charge in [-0.1, -0.05) is 0 Å². The number of hydrogen-bond donors (Lipinski definition) is 4. The highest BCUT2D eigenvalue weighted by atomic mass is 16.4. The number of nitrogens with two attached hydrogens (primary N) is 3. The first-order valence-corrected chi connectivity index (χ1v) is 4.19. The van der Waals surface area contributed by atoms with Gasteiger partial charge in [-0.25, -0.2) is 4.79 Å². The topological polar surface area (TPSA) is 150 Å². The average molecular weight is 219 g/mol. The summed E-state index contributed by atoms with van der Waals surface area (Å²) in [5, 5.41) is 8.41. The molecule has 88 valence electrons. The Morgan fingerprint density at radius 2 is 1.33 bits per heavy atom. The second-order valence-electron chi connectivity index (χ2n) is 2.80. The van der Waals surface area contributed by atoms with Gasteiger partial charge in [0.2, 0.25) is 5.54 Å². The van der Waals surface area contributed by atoms with Gasteiger partial charge < -0.3 is 22.3 Å². The number of carbonyl (C=O) groups is 3. The third-order valence-electron chi connectivity index (χ3n) is 1.61. The molecule has 0 aromatic rings. The molecule has 0 atom stereocenters. The third-order valence-corrected chi connectivity index (χ3v) is 1.61. The van der Waals surface area contributed by atoms with E-state index in [0.29, 0.717) is 13.1 Å². The molecule has 0 aromatic carbocycles. The van der Waals surface area contributed by atoms with E-state index < -0.39 is 23.1 Å². The number of ketones is 2. The maximum atomic E-state index is 10.6. The van der Waals surface area contributed by atoms with E-state index in [1.54, 1.807) is 0 Å². The maximum absolute atomic E-state index is 10.6. The van der Waals surface area contributed by atoms with E-state index in [2.05, 4.69) is 0 Å². The lowest BCUT2D eigenvalue weighted by molar-refractivity contribution is -0.151. The summed E-state index contributed by atoms with van der Waals surface area (Å²) in [5.74, 6) is -3.34. The molecule has 7 N–H and O–H groups in total. The Hall–Kier alpha value is -1.31. The summed E-state index contributed by atoms with van der Waals surface area (Å²) in [7, 11) is 0. The van der Waals surface area contributed by atoms with Crippen molar-refractivity contribution in [2.45, 2.75) is 19.4 Å². The van der Waals surface area contributed by atoms with Gasteiger partial charge in [-0.3, -0.25) is 9.59 Å². The third kappa shape index (κ3) is 4.63. The first-order chi connectivity index (χ1) is 6.74. The first-order valence-electron chi connectivity index (χ1n) is 4.19. The normalized spacial score (nSPS) is 9.93. The molecule has 0 spiro atoms. The molecular weight excluding hydrogens is 202 g/mol. The molecule has 0 bridgehead atoms. The Morgan fingerprint density at radius 3 is 1.33 bits per heavy atom. The fourth-order valence-corrected chi connectivity index (χ4v) is 0.549. The molecule has 0 aromatic heterocycles. The van der Waals surface area contributed by atoms with Crippen LogP contribution in [0.5, 0.6) is 0 Å². The van der Waals surface area contributed by atoms with E-state index in [0.717, 1.165) is 13.8 Å². The fraction of sp³-hybridized carbons (Fsp3) is 0.625. The van der Waals surface area contributed by atoms with Crippen LogP contribution in [0.1, 0.15) is 13.8 Å². The Bertz CT molecular complexity index is 214. The van der Waals surface area contributed by atoms with Gasteiger partial charge in [0.15, 0.2) is 11.6 Å². The standard InChI is InChI=1S/C6H9NO4.C2H8N2/c1-3(8)6(7,4(2)9)5(10)11;3-1-2-4/h7H2,1-2H3,(H,10,11);1-4H2. The predicted molar refractivity (Wildman–Crippen MR) is 54.0 cm³/mol. The van der Waals surface area contributed by atoms with Crippen LogP contribution in [0, 0.1) is 0 Å². The van der Waals surface area contributed by atoms with Crippen LogP contribution < -0.4 is 17.2 Å². The zero-order chi connectivity index (χ0) is 12.6. The van der Waals surface area contributed by atoms with Crippen molar-refractivity contribution < 1.29 is 19.5 Å². The predicted octanol–water partition coefficient (Wildman–Crippen LogP) is -2.15. The Balaban J connectivity index is 0. The van der Waals surface area contributed by atoms with Crippen molar-refractivity contribution >= 4 is 17.5 Å². The molecule has 0 aliphatic rings. The lowest BCUT2D eigenvalue weighted by atomic mass is 9.92. The van der Waals surface area contributed by atoms with Crippen LogP contribution in [0.15, 0.2) is 0 Å². The molecule has 0 unspecified atom stereocenters. The van der Waals surface area contributed by atoms with Crippen LogP contribution in [0.25, 0.3) is 0 Å². The van der Waals surface area contributed by atoms with Gasteiger partial charge in [-0.2, -0.15) is 0 Å². The number of aliphatic carboxylic acids is 1. The molecule has 7 nitrogen and oxygen atoms in total. The van der Waals surface area contributed by atoms with E-state index >= 15 is 0 Å². The summed E-state index contributed by atoms with van der Waals surface area (Å²) in [4.78, 5) is 31.6. The van der Waals surface area contributed by atoms with Crippen LogP contribution in [-0.4, -0.2) is 41.3 Å². The molecule has 0 aliphatic carbocycles. The molecule has 0 saturated carbocycles. The summed E-state index contributed by atoms with van der Waals surface area (Å²) < 4.78 is 0.